The van der Waals surface area contributed by atoms with Gasteiger partial charge in [0.15, 0.2) is 0 Å². The van der Waals surface area contributed by atoms with Crippen molar-refractivity contribution in [3.8, 4) is 5.75 Å². The van der Waals surface area contributed by atoms with Crippen LogP contribution in [0.15, 0.2) is 78.9 Å². The van der Waals surface area contributed by atoms with Gasteiger partial charge in [0.1, 0.15) is 5.75 Å². The average molecular weight is 388 g/mol. The van der Waals surface area contributed by atoms with Crippen LogP contribution in [0, 0.1) is 0 Å². The van der Waals surface area contributed by atoms with Gasteiger partial charge in [0.05, 0.1) is 12.3 Å². The zero-order valence-corrected chi connectivity index (χ0v) is 16.4. The van der Waals surface area contributed by atoms with Gasteiger partial charge in [0.2, 0.25) is 5.91 Å². The van der Waals surface area contributed by atoms with E-state index in [0.717, 1.165) is 5.56 Å². The Kier molecular flexibility index (Phi) is 7.00. The minimum atomic E-state index is -0.237. The molecule has 0 bridgehead atoms. The van der Waals surface area contributed by atoms with E-state index in [1.165, 1.54) is 0 Å². The lowest BCUT2D eigenvalue weighted by atomic mass is 10.1. The second-order valence-electron chi connectivity index (χ2n) is 6.49. The van der Waals surface area contributed by atoms with E-state index in [1.54, 1.807) is 30.3 Å². The molecule has 0 fully saturated rings. The summed E-state index contributed by atoms with van der Waals surface area (Å²) in [6.45, 7) is 2.41. The van der Waals surface area contributed by atoms with E-state index in [2.05, 4.69) is 10.6 Å². The molecule has 2 amide bonds. The third-order valence-electron chi connectivity index (χ3n) is 4.35. The number of aryl methyl sites for hydroxylation is 1. The Bertz CT molecular complexity index is 953. The molecule has 29 heavy (non-hydrogen) atoms. The zero-order chi connectivity index (χ0) is 20.5. The number of rotatable bonds is 8. The van der Waals surface area contributed by atoms with E-state index < -0.39 is 0 Å². The molecule has 5 heteroatoms. The number of nitrogens with one attached hydrogen (secondary N) is 2. The van der Waals surface area contributed by atoms with Crippen molar-refractivity contribution in [1.82, 2.24) is 0 Å². The Morgan fingerprint density at radius 1 is 0.828 bits per heavy atom. The number of amides is 2. The molecule has 0 aliphatic heterocycles. The van der Waals surface area contributed by atoms with Gasteiger partial charge >= 0.3 is 0 Å². The van der Waals surface area contributed by atoms with Gasteiger partial charge in [0.25, 0.3) is 5.91 Å². The van der Waals surface area contributed by atoms with Crippen molar-refractivity contribution >= 4 is 23.2 Å². The molecule has 0 atom stereocenters. The third kappa shape index (κ3) is 5.94. The van der Waals surface area contributed by atoms with Crippen molar-refractivity contribution in [2.75, 3.05) is 17.2 Å². The van der Waals surface area contributed by atoms with Crippen LogP contribution in [0.5, 0.6) is 5.75 Å². The van der Waals surface area contributed by atoms with Crippen LogP contribution < -0.4 is 15.4 Å². The summed E-state index contributed by atoms with van der Waals surface area (Å²) in [6, 6.07) is 24.0. The highest BCUT2D eigenvalue weighted by Gasteiger charge is 2.10. The van der Waals surface area contributed by atoms with Gasteiger partial charge in [-0.15, -0.1) is 0 Å². The lowest BCUT2D eigenvalue weighted by Gasteiger charge is -2.11. The Morgan fingerprint density at radius 3 is 2.24 bits per heavy atom. The van der Waals surface area contributed by atoms with Crippen LogP contribution in [0.25, 0.3) is 0 Å². The normalized spacial score (nSPS) is 10.2. The average Bonchev–Trinajstić information content (AvgIpc) is 2.75. The van der Waals surface area contributed by atoms with Crippen molar-refractivity contribution < 1.29 is 14.3 Å². The monoisotopic (exact) mass is 388 g/mol. The van der Waals surface area contributed by atoms with Crippen LogP contribution in [0.2, 0.25) is 0 Å². The summed E-state index contributed by atoms with van der Waals surface area (Å²) >= 11 is 0. The summed E-state index contributed by atoms with van der Waals surface area (Å²) in [5, 5.41) is 5.72. The Labute approximate surface area is 170 Å². The molecule has 0 aliphatic rings. The fourth-order valence-corrected chi connectivity index (χ4v) is 2.88. The zero-order valence-electron chi connectivity index (χ0n) is 16.4. The predicted octanol–water partition coefficient (Wildman–Crippen LogP) is 4.91. The van der Waals surface area contributed by atoms with Gasteiger partial charge in [-0.3, -0.25) is 9.59 Å². The number of hydrogen-bond acceptors (Lipinski definition) is 3. The number of benzene rings is 3. The van der Waals surface area contributed by atoms with Crippen molar-refractivity contribution in [2.24, 2.45) is 0 Å². The van der Waals surface area contributed by atoms with Gasteiger partial charge < -0.3 is 15.4 Å². The van der Waals surface area contributed by atoms with E-state index in [4.69, 9.17) is 4.74 Å². The Morgan fingerprint density at radius 2 is 1.52 bits per heavy atom. The highest BCUT2D eigenvalue weighted by molar-refractivity contribution is 6.05. The summed E-state index contributed by atoms with van der Waals surface area (Å²) in [5.41, 5.74) is 2.91. The van der Waals surface area contributed by atoms with E-state index in [1.807, 2.05) is 55.5 Å². The lowest BCUT2D eigenvalue weighted by Crippen LogP contribution is -2.14. The van der Waals surface area contributed by atoms with E-state index in [9.17, 15) is 9.59 Å². The van der Waals surface area contributed by atoms with Gasteiger partial charge in [-0.2, -0.15) is 0 Å². The molecule has 0 aromatic heterocycles. The molecule has 3 rings (SSSR count). The summed E-state index contributed by atoms with van der Waals surface area (Å²) in [7, 11) is 0. The van der Waals surface area contributed by atoms with Crippen LogP contribution in [0.1, 0.15) is 29.3 Å². The van der Waals surface area contributed by atoms with Gasteiger partial charge in [-0.1, -0.05) is 42.5 Å². The third-order valence-corrected chi connectivity index (χ3v) is 4.35. The first-order valence-corrected chi connectivity index (χ1v) is 9.62. The van der Waals surface area contributed by atoms with Crippen LogP contribution in [-0.4, -0.2) is 18.4 Å². The maximum Gasteiger partial charge on any atom is 0.255 e. The van der Waals surface area contributed by atoms with Gasteiger partial charge in [0, 0.05) is 17.7 Å². The topological polar surface area (TPSA) is 67.4 Å². The molecule has 2 N–H and O–H groups in total. The number of para-hydroxylation sites is 2. The molecule has 0 unspecified atom stereocenters. The lowest BCUT2D eigenvalue weighted by molar-refractivity contribution is -0.116. The van der Waals surface area contributed by atoms with E-state index in [-0.39, 0.29) is 11.8 Å². The van der Waals surface area contributed by atoms with Crippen LogP contribution >= 0.6 is 0 Å². The predicted molar refractivity (Wildman–Crippen MR) is 115 cm³/mol. The number of hydrogen-bond donors (Lipinski definition) is 2. The largest absolute Gasteiger partial charge is 0.492 e. The molecule has 148 valence electrons. The van der Waals surface area contributed by atoms with Gasteiger partial charge in [-0.25, -0.2) is 0 Å². The molecule has 0 spiro atoms. The van der Waals surface area contributed by atoms with E-state index in [0.29, 0.717) is 42.1 Å². The summed E-state index contributed by atoms with van der Waals surface area (Å²) in [4.78, 5) is 24.6. The summed E-state index contributed by atoms with van der Waals surface area (Å²) in [6.07, 6.45) is 1.09. The standard InChI is InChI=1S/C24H24N2O3/c1-2-29-22-11-7-6-10-21(22)26-24(28)19-13-15-20(16-14-19)25-23(27)17-12-18-8-4-3-5-9-18/h3-11,13-16H,2,12,17H2,1H3,(H,25,27)(H,26,28). The molecular formula is C24H24N2O3. The molecule has 5 nitrogen and oxygen atoms in total. The van der Waals surface area contributed by atoms with Crippen molar-refractivity contribution in [3.63, 3.8) is 0 Å². The van der Waals surface area contributed by atoms with Crippen molar-refractivity contribution in [1.29, 1.82) is 0 Å². The number of carbonyl (C=O) groups is 2. The first-order chi connectivity index (χ1) is 14.2. The first-order valence-electron chi connectivity index (χ1n) is 9.62. The first kappa shape index (κ1) is 20.1. The molecule has 0 saturated heterocycles. The second-order valence-corrected chi connectivity index (χ2v) is 6.49. The summed E-state index contributed by atoms with van der Waals surface area (Å²) < 4.78 is 5.53. The molecule has 0 saturated carbocycles. The van der Waals surface area contributed by atoms with Crippen molar-refractivity contribution in [3.05, 3.63) is 90.0 Å². The minimum Gasteiger partial charge on any atom is -0.492 e. The minimum absolute atomic E-state index is 0.0586. The molecule has 0 heterocycles. The molecule has 0 aliphatic carbocycles. The SMILES string of the molecule is CCOc1ccccc1NC(=O)c1ccc(NC(=O)CCc2ccccc2)cc1. The van der Waals surface area contributed by atoms with E-state index >= 15 is 0 Å². The fourth-order valence-electron chi connectivity index (χ4n) is 2.88. The molecular weight excluding hydrogens is 364 g/mol. The Hall–Kier alpha value is -3.60. The highest BCUT2D eigenvalue weighted by Crippen LogP contribution is 2.24. The number of carbonyl (C=O) groups excluding carboxylic acids is 2. The number of anilines is 2. The Balaban J connectivity index is 1.55. The number of ether oxygens (including phenoxy) is 1. The quantitative estimate of drug-likeness (QED) is 0.576. The van der Waals surface area contributed by atoms with Crippen LogP contribution in [-0.2, 0) is 11.2 Å². The molecule has 0 radical (unpaired) electrons. The smallest absolute Gasteiger partial charge is 0.255 e. The maximum absolute atomic E-state index is 12.5. The molecule has 3 aromatic carbocycles. The second kappa shape index (κ2) is 10.1. The highest BCUT2D eigenvalue weighted by atomic mass is 16.5. The maximum atomic E-state index is 12.5. The molecule has 3 aromatic rings. The van der Waals surface area contributed by atoms with Crippen molar-refractivity contribution in [2.45, 2.75) is 19.8 Å². The van der Waals surface area contributed by atoms with Gasteiger partial charge in [-0.05, 0) is 55.3 Å². The fraction of sp³-hybridized carbons (Fsp3) is 0.167. The van der Waals surface area contributed by atoms with Crippen LogP contribution in [0.3, 0.4) is 0 Å². The summed E-state index contributed by atoms with van der Waals surface area (Å²) in [5.74, 6) is 0.335. The van der Waals surface area contributed by atoms with Crippen LogP contribution in [0.4, 0.5) is 11.4 Å².